The van der Waals surface area contributed by atoms with Crippen molar-refractivity contribution in [2.24, 2.45) is 4.36 Å². The maximum Gasteiger partial charge on any atom is 0.139 e. The van der Waals surface area contributed by atoms with Gasteiger partial charge in [0.1, 0.15) is 9.92 Å². The van der Waals surface area contributed by atoms with Crippen molar-refractivity contribution >= 4 is 15.6 Å². The molecule has 5 heteroatoms. The predicted molar refractivity (Wildman–Crippen MR) is 71.0 cm³/mol. The fourth-order valence-electron chi connectivity index (χ4n) is 1.79. The highest BCUT2D eigenvalue weighted by Crippen LogP contribution is 2.31. The summed E-state index contributed by atoms with van der Waals surface area (Å²) >= 11 is 0. The molecular weight excluding hydrogens is 234 g/mol. The minimum atomic E-state index is -2.45. The molecule has 1 atom stereocenters. The molecular formula is C12H19N3OS. The first-order chi connectivity index (χ1) is 8.08. The maximum absolute atomic E-state index is 13.0. The van der Waals surface area contributed by atoms with Gasteiger partial charge in [-0.25, -0.2) is 12.9 Å². The number of anilines is 1. The van der Waals surface area contributed by atoms with E-state index in [0.29, 0.717) is 18.3 Å². The highest BCUT2D eigenvalue weighted by Gasteiger charge is 2.33. The molecule has 17 heavy (non-hydrogen) atoms. The van der Waals surface area contributed by atoms with Gasteiger partial charge in [0.15, 0.2) is 0 Å². The van der Waals surface area contributed by atoms with Crippen LogP contribution < -0.4 is 5.73 Å². The van der Waals surface area contributed by atoms with Gasteiger partial charge in [-0.2, -0.15) is 0 Å². The minimum Gasteiger partial charge on any atom is -0.399 e. The van der Waals surface area contributed by atoms with Crippen molar-refractivity contribution in [3.8, 4) is 0 Å². The first-order valence-electron chi connectivity index (χ1n) is 5.89. The Labute approximate surface area is 103 Å². The van der Waals surface area contributed by atoms with E-state index in [4.69, 9.17) is 5.73 Å². The van der Waals surface area contributed by atoms with Gasteiger partial charge >= 0.3 is 0 Å². The van der Waals surface area contributed by atoms with Crippen molar-refractivity contribution in [3.63, 3.8) is 0 Å². The Morgan fingerprint density at radius 3 is 2.47 bits per heavy atom. The molecule has 0 radical (unpaired) electrons. The van der Waals surface area contributed by atoms with Gasteiger partial charge in [0.25, 0.3) is 0 Å². The Morgan fingerprint density at radius 2 is 2.00 bits per heavy atom. The molecule has 0 saturated heterocycles. The molecule has 0 heterocycles. The lowest BCUT2D eigenvalue weighted by molar-refractivity contribution is 0.506. The summed E-state index contributed by atoms with van der Waals surface area (Å²) in [5.41, 5.74) is 6.34. The number of nitrogens with zero attached hydrogens (tertiary/aromatic N) is 2. The summed E-state index contributed by atoms with van der Waals surface area (Å²) in [7, 11) is -0.549. The van der Waals surface area contributed by atoms with Crippen LogP contribution in [0.25, 0.3) is 0 Å². The van der Waals surface area contributed by atoms with Crippen molar-refractivity contribution in [3.05, 3.63) is 24.3 Å². The monoisotopic (exact) mass is 253 g/mol. The fraction of sp³-hybridized carbons (Fsp3) is 0.500. The van der Waals surface area contributed by atoms with Crippen LogP contribution in [-0.2, 0) is 9.92 Å². The van der Waals surface area contributed by atoms with E-state index in [1.807, 2.05) is 30.4 Å². The van der Waals surface area contributed by atoms with E-state index in [-0.39, 0.29) is 0 Å². The molecule has 0 bridgehead atoms. The van der Waals surface area contributed by atoms with Gasteiger partial charge in [-0.3, -0.25) is 0 Å². The van der Waals surface area contributed by atoms with Gasteiger partial charge < -0.3 is 5.73 Å². The second-order valence-corrected chi connectivity index (χ2v) is 6.59. The van der Waals surface area contributed by atoms with Crippen molar-refractivity contribution in [2.45, 2.75) is 30.7 Å². The molecule has 1 fully saturated rings. The van der Waals surface area contributed by atoms with Gasteiger partial charge in [0.05, 0.1) is 4.90 Å². The Kier molecular flexibility index (Phi) is 3.40. The molecule has 1 aliphatic rings. The zero-order chi connectivity index (χ0) is 12.5. The van der Waals surface area contributed by atoms with E-state index >= 15 is 0 Å². The summed E-state index contributed by atoms with van der Waals surface area (Å²) in [5.74, 6) is 0. The number of nitrogens with two attached hydrogens (primary N) is 1. The first-order valence-corrected chi connectivity index (χ1v) is 7.36. The molecule has 0 aromatic heterocycles. The zero-order valence-corrected chi connectivity index (χ0v) is 11.1. The summed E-state index contributed by atoms with van der Waals surface area (Å²) in [6, 6.07) is 7.60. The largest absolute Gasteiger partial charge is 0.399 e. The van der Waals surface area contributed by atoms with Crippen LogP contribution in [0.3, 0.4) is 0 Å². The zero-order valence-electron chi connectivity index (χ0n) is 10.3. The van der Waals surface area contributed by atoms with Crippen molar-refractivity contribution in [1.29, 1.82) is 0 Å². The standard InChI is InChI=1S/C12H19N3OS/c1-3-14-17(16,15(2)11-6-7-11)12-8-4-10(13)5-9-12/h4-5,8-9,11H,3,6-7,13H2,1-2H3. The van der Waals surface area contributed by atoms with Crippen LogP contribution in [0.5, 0.6) is 0 Å². The van der Waals surface area contributed by atoms with Gasteiger partial charge in [0, 0.05) is 25.3 Å². The predicted octanol–water partition coefficient (Wildman–Crippen LogP) is 2.12. The Balaban J connectivity index is 2.44. The molecule has 1 unspecified atom stereocenters. The van der Waals surface area contributed by atoms with Crippen LogP contribution in [0.15, 0.2) is 33.5 Å². The molecule has 0 amide bonds. The van der Waals surface area contributed by atoms with Crippen LogP contribution in [0.4, 0.5) is 5.69 Å². The molecule has 4 nitrogen and oxygen atoms in total. The normalized spacial score (nSPS) is 19.0. The van der Waals surface area contributed by atoms with Crippen molar-refractivity contribution in [2.75, 3.05) is 19.3 Å². The van der Waals surface area contributed by atoms with Gasteiger partial charge in [0.2, 0.25) is 0 Å². The minimum absolute atomic E-state index is 0.412. The molecule has 2 N–H and O–H groups in total. The Hall–Kier alpha value is -1.07. The van der Waals surface area contributed by atoms with Gasteiger partial charge in [-0.1, -0.05) is 0 Å². The van der Waals surface area contributed by atoms with Crippen molar-refractivity contribution < 1.29 is 4.21 Å². The molecule has 1 aromatic rings. The first kappa shape index (κ1) is 12.4. The van der Waals surface area contributed by atoms with Crippen LogP contribution in [0.1, 0.15) is 19.8 Å². The lowest BCUT2D eigenvalue weighted by Gasteiger charge is -2.21. The number of hydrogen-bond donors (Lipinski definition) is 1. The van der Waals surface area contributed by atoms with Crippen LogP contribution in [-0.4, -0.2) is 28.1 Å². The van der Waals surface area contributed by atoms with E-state index in [0.717, 1.165) is 17.7 Å². The summed E-state index contributed by atoms with van der Waals surface area (Å²) in [6.07, 6.45) is 2.23. The second-order valence-electron chi connectivity index (χ2n) is 4.29. The number of nitrogen functional groups attached to an aromatic ring is 1. The van der Waals surface area contributed by atoms with Crippen LogP contribution in [0.2, 0.25) is 0 Å². The third-order valence-electron chi connectivity index (χ3n) is 2.94. The maximum atomic E-state index is 13.0. The summed E-state index contributed by atoms with van der Waals surface area (Å²) in [5, 5.41) is 0. The van der Waals surface area contributed by atoms with E-state index in [1.54, 1.807) is 12.1 Å². The average Bonchev–Trinajstić information content (AvgIpc) is 3.13. The Bertz CT molecular complexity index is 499. The summed E-state index contributed by atoms with van der Waals surface area (Å²) < 4.78 is 19.2. The molecule has 0 aliphatic heterocycles. The molecule has 0 spiro atoms. The van der Waals surface area contributed by atoms with Gasteiger partial charge in [-0.05, 0) is 44.0 Å². The van der Waals surface area contributed by atoms with E-state index in [2.05, 4.69) is 4.36 Å². The van der Waals surface area contributed by atoms with Crippen molar-refractivity contribution in [1.82, 2.24) is 4.31 Å². The van der Waals surface area contributed by atoms with E-state index < -0.39 is 9.92 Å². The topological polar surface area (TPSA) is 58.7 Å². The SMILES string of the molecule is CCN=S(=O)(c1ccc(N)cc1)N(C)C1CC1. The lowest BCUT2D eigenvalue weighted by atomic mass is 10.3. The fourth-order valence-corrected chi connectivity index (χ4v) is 3.91. The lowest BCUT2D eigenvalue weighted by Crippen LogP contribution is -2.29. The smallest absolute Gasteiger partial charge is 0.139 e. The highest BCUT2D eigenvalue weighted by atomic mass is 32.2. The number of hydrogen-bond acceptors (Lipinski definition) is 3. The van der Waals surface area contributed by atoms with E-state index in [9.17, 15) is 4.21 Å². The quantitative estimate of drug-likeness (QED) is 0.836. The number of benzene rings is 1. The second kappa shape index (κ2) is 4.66. The summed E-state index contributed by atoms with van der Waals surface area (Å²) in [4.78, 5) is 0.753. The van der Waals surface area contributed by atoms with Crippen LogP contribution in [0, 0.1) is 0 Å². The summed E-state index contributed by atoms with van der Waals surface area (Å²) in [6.45, 7) is 2.47. The molecule has 1 aliphatic carbocycles. The third-order valence-corrected chi connectivity index (χ3v) is 5.52. The average molecular weight is 253 g/mol. The van der Waals surface area contributed by atoms with E-state index in [1.165, 1.54) is 0 Å². The van der Waals surface area contributed by atoms with Crippen LogP contribution >= 0.6 is 0 Å². The molecule has 1 saturated carbocycles. The molecule has 2 rings (SSSR count). The number of rotatable bonds is 4. The molecule has 94 valence electrons. The van der Waals surface area contributed by atoms with Gasteiger partial charge in [-0.15, -0.1) is 0 Å². The third kappa shape index (κ3) is 2.45. The molecule has 1 aromatic carbocycles. The highest BCUT2D eigenvalue weighted by molar-refractivity contribution is 7.91. The Morgan fingerprint density at radius 1 is 1.41 bits per heavy atom.